The molecule has 88 valence electrons. The molecule has 0 unspecified atom stereocenters. The van der Waals surface area contributed by atoms with Crippen molar-refractivity contribution in [2.24, 2.45) is 0 Å². The Morgan fingerprint density at radius 3 is 1.00 bits per heavy atom. The molecule has 0 aliphatic carbocycles. The van der Waals surface area contributed by atoms with Gasteiger partial charge in [0.25, 0.3) is 0 Å². The second-order valence-electron chi connectivity index (χ2n) is 1.44. The van der Waals surface area contributed by atoms with E-state index in [1.165, 1.54) is 0 Å². The molecular weight excluding hydrogens is 365 g/mol. The Bertz CT molecular complexity index is 350. The summed E-state index contributed by atoms with van der Waals surface area (Å²) in [5.74, 6) is 0. The minimum atomic E-state index is -5.76. The second-order valence-corrected chi connectivity index (χ2v) is 7.82. The van der Waals surface area contributed by atoms with E-state index in [4.69, 9.17) is 27.6 Å². The molecule has 0 fully saturated rings. The number of rotatable bonds is 2. The molecule has 0 aromatic rings. The Hall–Kier alpha value is 0.229. The van der Waals surface area contributed by atoms with Crippen LogP contribution in [0, 0.1) is 0 Å². The molecule has 0 bridgehead atoms. The van der Waals surface area contributed by atoms with Gasteiger partial charge in [-0.25, -0.2) is 4.57 Å². The van der Waals surface area contributed by atoms with Gasteiger partial charge in [-0.05, 0) is 0 Å². The summed E-state index contributed by atoms with van der Waals surface area (Å²) >= 11 is -11.5. The van der Waals surface area contributed by atoms with Crippen LogP contribution in [0.2, 0.25) is 0 Å². The zero-order valence-corrected chi connectivity index (χ0v) is 10.3. The van der Waals surface area contributed by atoms with Gasteiger partial charge in [-0.2, -0.15) is 0 Å². The van der Waals surface area contributed by atoms with Crippen molar-refractivity contribution < 1.29 is 45.9 Å². The van der Waals surface area contributed by atoms with Crippen molar-refractivity contribution >= 4 is 34.6 Å². The molecule has 0 aromatic heterocycles. The molecule has 0 amide bonds. The molecule has 0 aliphatic heterocycles. The van der Waals surface area contributed by atoms with Crippen molar-refractivity contribution in [3.8, 4) is 0 Å². The van der Waals surface area contributed by atoms with Gasteiger partial charge < -0.3 is 14.7 Å². The Kier molecular flexibility index (Phi) is 6.36. The predicted octanol–water partition coefficient (Wildman–Crippen LogP) is -3.35. The Labute approximate surface area is 80.7 Å². The SMILES string of the molecule is O=P(O)(O)O.O=[Se](=O)(O)O[Se](=O)(=O)O. The molecule has 0 radical (unpaired) electrons. The summed E-state index contributed by atoms with van der Waals surface area (Å²) in [6.07, 6.45) is 0. The van der Waals surface area contributed by atoms with Crippen molar-refractivity contribution in [3.05, 3.63) is 0 Å². The van der Waals surface area contributed by atoms with E-state index in [2.05, 4.69) is 2.90 Å². The van der Waals surface area contributed by atoms with E-state index in [0.717, 1.165) is 0 Å². The standard InChI is InChI=1S/H2O7Se2.H3O4P/c1-8(2,3)7-9(4,5)6;1-5(2,3)4/h(H,1,2,3)(H,4,5,6);(H3,1,2,3,4). The fourth-order valence-electron chi connectivity index (χ4n) is 0.109. The van der Waals surface area contributed by atoms with Crippen LogP contribution < -0.4 is 0 Å². The van der Waals surface area contributed by atoms with E-state index in [1.54, 1.807) is 0 Å². The Morgan fingerprint density at radius 1 is 0.857 bits per heavy atom. The zero-order valence-electron chi connectivity index (χ0n) is 5.95. The third-order valence-corrected chi connectivity index (χ3v) is 4.64. The average Bonchev–Trinajstić information content (AvgIpc) is 1.42. The van der Waals surface area contributed by atoms with E-state index < -0.39 is 34.6 Å². The van der Waals surface area contributed by atoms with Crippen molar-refractivity contribution in [2.45, 2.75) is 0 Å². The summed E-state index contributed by atoms with van der Waals surface area (Å²) < 4.78 is 65.1. The first-order valence-corrected chi connectivity index (χ1v) is 9.44. The van der Waals surface area contributed by atoms with Crippen LogP contribution in [-0.2, 0) is 22.8 Å². The average molecular weight is 370 g/mol. The monoisotopic (exact) mass is 372 g/mol. The summed E-state index contributed by atoms with van der Waals surface area (Å²) in [5.41, 5.74) is 0. The molecule has 5 N–H and O–H groups in total. The van der Waals surface area contributed by atoms with Gasteiger partial charge >= 0.3 is 61.2 Å². The Morgan fingerprint density at radius 2 is 1.00 bits per heavy atom. The molecule has 0 atom stereocenters. The van der Waals surface area contributed by atoms with Gasteiger partial charge in [0.05, 0.1) is 0 Å². The van der Waals surface area contributed by atoms with Gasteiger partial charge in [0.2, 0.25) is 0 Å². The van der Waals surface area contributed by atoms with E-state index >= 15 is 0 Å². The van der Waals surface area contributed by atoms with Gasteiger partial charge in [0, 0.05) is 0 Å². The van der Waals surface area contributed by atoms with E-state index in [0.29, 0.717) is 0 Å². The summed E-state index contributed by atoms with van der Waals surface area (Å²) in [6, 6.07) is 0. The molecule has 0 aliphatic rings. The molecule has 0 saturated carbocycles. The van der Waals surface area contributed by atoms with Crippen LogP contribution in [0.4, 0.5) is 0 Å². The zero-order chi connectivity index (χ0) is 12.2. The summed E-state index contributed by atoms with van der Waals surface area (Å²) in [7, 11) is -4.64. The molecule has 0 aromatic carbocycles. The maximum atomic E-state index is 9.53. The van der Waals surface area contributed by atoms with Crippen LogP contribution in [-0.4, -0.2) is 49.8 Å². The van der Waals surface area contributed by atoms with Crippen LogP contribution in [0.3, 0.4) is 0 Å². The number of hydrogen-bond acceptors (Lipinski definition) is 6. The van der Waals surface area contributed by atoms with Gasteiger partial charge in [0.15, 0.2) is 0 Å². The van der Waals surface area contributed by atoms with Gasteiger partial charge in [-0.1, -0.05) is 0 Å². The number of hydrogen-bond donors (Lipinski definition) is 5. The molecule has 0 rings (SSSR count). The van der Waals surface area contributed by atoms with Gasteiger partial charge in [-0.15, -0.1) is 0 Å². The molecule has 0 saturated heterocycles. The molecule has 11 nitrogen and oxygen atoms in total. The van der Waals surface area contributed by atoms with E-state index in [1.807, 2.05) is 0 Å². The van der Waals surface area contributed by atoms with Crippen molar-refractivity contribution in [1.82, 2.24) is 0 Å². The van der Waals surface area contributed by atoms with Crippen LogP contribution in [0.5, 0.6) is 0 Å². The maximum absolute atomic E-state index is 9.53. The van der Waals surface area contributed by atoms with Gasteiger partial charge in [-0.3, -0.25) is 0 Å². The van der Waals surface area contributed by atoms with Crippen LogP contribution in [0.25, 0.3) is 0 Å². The first kappa shape index (κ1) is 16.7. The summed E-state index contributed by atoms with van der Waals surface area (Å²) in [6.45, 7) is 0. The molecule has 14 heavy (non-hydrogen) atoms. The predicted molar refractivity (Wildman–Crippen MR) is 34.0 cm³/mol. The van der Waals surface area contributed by atoms with E-state index in [9.17, 15) is 15.3 Å². The van der Waals surface area contributed by atoms with Crippen LogP contribution in [0.1, 0.15) is 0 Å². The van der Waals surface area contributed by atoms with Crippen LogP contribution >= 0.6 is 7.82 Å². The van der Waals surface area contributed by atoms with Crippen molar-refractivity contribution in [3.63, 3.8) is 0 Å². The molecular formula is H5O11PSe2. The van der Waals surface area contributed by atoms with Crippen molar-refractivity contribution in [1.29, 1.82) is 0 Å². The molecule has 0 heterocycles. The Balaban J connectivity index is 0. The first-order chi connectivity index (χ1) is 5.71. The number of phosphoric acid groups is 1. The molecule has 14 heteroatoms. The fourth-order valence-corrected chi connectivity index (χ4v) is 2.93. The normalized spacial score (nSPS) is 12.9. The first-order valence-electron chi connectivity index (χ1n) is 2.15. The third kappa shape index (κ3) is 39.7. The quantitative estimate of drug-likeness (QED) is 0.241. The second kappa shape index (κ2) is 5.35. The third-order valence-electron chi connectivity index (χ3n) is 0.172. The molecule has 0 spiro atoms. The van der Waals surface area contributed by atoms with E-state index in [-0.39, 0.29) is 0 Å². The topological polar surface area (TPSA) is 196 Å². The van der Waals surface area contributed by atoms with Crippen molar-refractivity contribution in [2.75, 3.05) is 0 Å². The van der Waals surface area contributed by atoms with Gasteiger partial charge in [0.1, 0.15) is 0 Å². The fraction of sp³-hybridized carbons (Fsp3) is 0. The summed E-state index contributed by atoms with van der Waals surface area (Å²) in [5, 5.41) is 0. The minimum absolute atomic E-state index is 2.83. The summed E-state index contributed by atoms with van der Waals surface area (Å²) in [4.78, 5) is 21.6. The van der Waals surface area contributed by atoms with Crippen LogP contribution in [0.15, 0.2) is 0 Å².